The monoisotopic (exact) mass is 344 g/mol. The summed E-state index contributed by atoms with van der Waals surface area (Å²) in [4.78, 5) is 4.16. The maximum Gasteiger partial charge on any atom is 0.147 e. The third-order valence-corrected chi connectivity index (χ3v) is 2.84. The second-order valence-electron chi connectivity index (χ2n) is 3.09. The number of nitrogens with one attached hydrogen (secondary N) is 1. The number of halogens is 3. The van der Waals surface area contributed by atoms with Gasteiger partial charge in [0, 0.05) is 4.47 Å². The number of rotatable bonds is 2. The Balaban J connectivity index is 2.27. The third-order valence-electron chi connectivity index (χ3n) is 1.91. The summed E-state index contributed by atoms with van der Waals surface area (Å²) in [6.45, 7) is 0. The van der Waals surface area contributed by atoms with Gasteiger partial charge in [0.15, 0.2) is 0 Å². The third kappa shape index (κ3) is 2.80. The van der Waals surface area contributed by atoms with Gasteiger partial charge in [0.05, 0.1) is 5.69 Å². The van der Waals surface area contributed by atoms with Crippen molar-refractivity contribution in [3.63, 3.8) is 0 Å². The second kappa shape index (κ2) is 4.93. The fourth-order valence-corrected chi connectivity index (χ4v) is 1.88. The lowest BCUT2D eigenvalue weighted by Crippen LogP contribution is -1.96. The zero-order chi connectivity index (χ0) is 11.5. The van der Waals surface area contributed by atoms with Gasteiger partial charge in [-0.3, -0.25) is 0 Å². The van der Waals surface area contributed by atoms with Gasteiger partial charge in [0.2, 0.25) is 0 Å². The smallest absolute Gasteiger partial charge is 0.147 e. The van der Waals surface area contributed by atoms with E-state index in [2.05, 4.69) is 42.2 Å². The van der Waals surface area contributed by atoms with Crippen LogP contribution in [0.1, 0.15) is 0 Å². The van der Waals surface area contributed by atoms with Gasteiger partial charge in [-0.2, -0.15) is 0 Å². The molecule has 0 fully saturated rings. The lowest BCUT2D eigenvalue weighted by atomic mass is 10.3. The van der Waals surface area contributed by atoms with Crippen molar-refractivity contribution in [3.8, 4) is 0 Å². The van der Waals surface area contributed by atoms with E-state index in [-0.39, 0.29) is 5.82 Å². The van der Waals surface area contributed by atoms with E-state index in [1.807, 2.05) is 12.1 Å². The summed E-state index contributed by atoms with van der Waals surface area (Å²) in [6, 6.07) is 10.2. The Morgan fingerprint density at radius 3 is 2.62 bits per heavy atom. The fraction of sp³-hybridized carbons (Fsp3) is 0. The van der Waals surface area contributed by atoms with Crippen molar-refractivity contribution in [3.05, 3.63) is 51.3 Å². The first-order valence-electron chi connectivity index (χ1n) is 4.50. The highest BCUT2D eigenvalue weighted by Gasteiger charge is 2.03. The van der Waals surface area contributed by atoms with Crippen molar-refractivity contribution in [2.24, 2.45) is 0 Å². The Hall–Kier alpha value is -0.940. The van der Waals surface area contributed by atoms with Crippen LogP contribution < -0.4 is 5.32 Å². The largest absolute Gasteiger partial charge is 0.338 e. The zero-order valence-electron chi connectivity index (χ0n) is 8.05. The van der Waals surface area contributed by atoms with E-state index in [0.717, 1.165) is 0 Å². The van der Waals surface area contributed by atoms with Gasteiger partial charge < -0.3 is 5.32 Å². The van der Waals surface area contributed by atoms with Gasteiger partial charge >= 0.3 is 0 Å². The van der Waals surface area contributed by atoms with Crippen LogP contribution in [0.5, 0.6) is 0 Å². The molecule has 0 aliphatic carbocycles. The molecule has 0 bridgehead atoms. The van der Waals surface area contributed by atoms with Crippen molar-refractivity contribution in [2.75, 3.05) is 5.32 Å². The average Bonchev–Trinajstić information content (AvgIpc) is 2.22. The van der Waals surface area contributed by atoms with Gasteiger partial charge in [-0.25, -0.2) is 9.37 Å². The molecule has 1 heterocycles. The molecule has 0 aliphatic rings. The maximum absolute atomic E-state index is 13.5. The molecule has 0 spiro atoms. The molecule has 0 atom stereocenters. The van der Waals surface area contributed by atoms with E-state index in [1.165, 1.54) is 6.07 Å². The summed E-state index contributed by atoms with van der Waals surface area (Å²) in [5, 5.41) is 2.90. The Morgan fingerprint density at radius 1 is 1.12 bits per heavy atom. The number of pyridine rings is 1. The molecule has 82 valence electrons. The topological polar surface area (TPSA) is 24.9 Å². The molecular formula is C11H7Br2FN2. The minimum Gasteiger partial charge on any atom is -0.338 e. The van der Waals surface area contributed by atoms with Crippen molar-refractivity contribution in [1.29, 1.82) is 0 Å². The van der Waals surface area contributed by atoms with Crippen LogP contribution in [0.4, 0.5) is 15.9 Å². The average molecular weight is 346 g/mol. The minimum atomic E-state index is -0.323. The van der Waals surface area contributed by atoms with E-state index in [1.54, 1.807) is 18.2 Å². The lowest BCUT2D eigenvalue weighted by Gasteiger charge is -2.07. The molecule has 0 unspecified atom stereocenters. The molecule has 0 amide bonds. The van der Waals surface area contributed by atoms with Gasteiger partial charge in [-0.05, 0) is 46.3 Å². The number of benzene rings is 1. The zero-order valence-corrected chi connectivity index (χ0v) is 11.2. The van der Waals surface area contributed by atoms with Crippen LogP contribution in [-0.2, 0) is 0 Å². The van der Waals surface area contributed by atoms with Crippen molar-refractivity contribution in [2.45, 2.75) is 0 Å². The summed E-state index contributed by atoms with van der Waals surface area (Å²) in [7, 11) is 0. The first-order chi connectivity index (χ1) is 7.65. The molecule has 1 N–H and O–H groups in total. The molecule has 0 saturated heterocycles. The normalized spacial score (nSPS) is 10.2. The number of anilines is 2. The summed E-state index contributed by atoms with van der Waals surface area (Å²) in [6.07, 6.45) is 0. The Bertz CT molecular complexity index is 517. The molecule has 5 heteroatoms. The van der Waals surface area contributed by atoms with Gasteiger partial charge in [0.25, 0.3) is 0 Å². The van der Waals surface area contributed by atoms with E-state index in [0.29, 0.717) is 20.6 Å². The highest BCUT2D eigenvalue weighted by atomic mass is 79.9. The van der Waals surface area contributed by atoms with Crippen LogP contribution >= 0.6 is 31.9 Å². The van der Waals surface area contributed by atoms with Crippen molar-refractivity contribution in [1.82, 2.24) is 4.98 Å². The van der Waals surface area contributed by atoms with E-state index < -0.39 is 0 Å². The van der Waals surface area contributed by atoms with Crippen LogP contribution in [0.3, 0.4) is 0 Å². The molecule has 1 aromatic heterocycles. The van der Waals surface area contributed by atoms with E-state index >= 15 is 0 Å². The molecular weight excluding hydrogens is 339 g/mol. The highest BCUT2D eigenvalue weighted by molar-refractivity contribution is 9.10. The first kappa shape index (κ1) is 11.5. The van der Waals surface area contributed by atoms with Crippen LogP contribution in [0, 0.1) is 5.82 Å². The Labute approximate surface area is 109 Å². The Kier molecular flexibility index (Phi) is 3.56. The Morgan fingerprint density at radius 2 is 1.94 bits per heavy atom. The maximum atomic E-state index is 13.5. The van der Waals surface area contributed by atoms with Crippen LogP contribution in [-0.4, -0.2) is 4.98 Å². The van der Waals surface area contributed by atoms with Crippen LogP contribution in [0.2, 0.25) is 0 Å². The second-order valence-corrected chi connectivity index (χ2v) is 4.82. The van der Waals surface area contributed by atoms with Crippen molar-refractivity contribution < 1.29 is 4.39 Å². The molecule has 1 aromatic carbocycles. The molecule has 0 radical (unpaired) electrons. The lowest BCUT2D eigenvalue weighted by molar-refractivity contribution is 0.631. The van der Waals surface area contributed by atoms with Crippen molar-refractivity contribution >= 4 is 43.4 Å². The number of nitrogens with zero attached hydrogens (tertiary/aromatic N) is 1. The molecule has 2 nitrogen and oxygen atoms in total. The summed E-state index contributed by atoms with van der Waals surface area (Å²) < 4.78 is 14.9. The molecule has 2 aromatic rings. The number of hydrogen-bond donors (Lipinski definition) is 1. The molecule has 0 saturated carbocycles. The van der Waals surface area contributed by atoms with Gasteiger partial charge in [-0.15, -0.1) is 0 Å². The summed E-state index contributed by atoms with van der Waals surface area (Å²) in [5.74, 6) is 0.270. The molecule has 16 heavy (non-hydrogen) atoms. The summed E-state index contributed by atoms with van der Waals surface area (Å²) >= 11 is 6.46. The number of aromatic nitrogens is 1. The SMILES string of the molecule is Fc1cc(Br)ccc1Nc1cccc(Br)n1. The predicted molar refractivity (Wildman–Crippen MR) is 69.3 cm³/mol. The fourth-order valence-electron chi connectivity index (χ4n) is 1.21. The highest BCUT2D eigenvalue weighted by Crippen LogP contribution is 2.22. The standard InChI is InChI=1S/C11H7Br2FN2/c12-7-4-5-9(8(14)6-7)15-11-3-1-2-10(13)16-11/h1-6H,(H,15,16). The predicted octanol–water partition coefficient (Wildman–Crippen LogP) is 4.49. The van der Waals surface area contributed by atoms with Gasteiger partial charge in [0.1, 0.15) is 16.2 Å². The number of hydrogen-bond acceptors (Lipinski definition) is 2. The quantitative estimate of drug-likeness (QED) is 0.811. The molecule has 0 aliphatic heterocycles. The summed E-state index contributed by atoms with van der Waals surface area (Å²) in [5.41, 5.74) is 0.397. The van der Waals surface area contributed by atoms with Crippen LogP contribution in [0.15, 0.2) is 45.5 Å². The van der Waals surface area contributed by atoms with Gasteiger partial charge in [-0.1, -0.05) is 22.0 Å². The van der Waals surface area contributed by atoms with E-state index in [9.17, 15) is 4.39 Å². The van der Waals surface area contributed by atoms with Crippen LogP contribution in [0.25, 0.3) is 0 Å². The molecule has 2 rings (SSSR count). The van der Waals surface area contributed by atoms with E-state index in [4.69, 9.17) is 0 Å². The minimum absolute atomic E-state index is 0.323. The first-order valence-corrected chi connectivity index (χ1v) is 6.08.